The summed E-state index contributed by atoms with van der Waals surface area (Å²) in [5.74, 6) is 0.622. The maximum Gasteiger partial charge on any atom is 0.191 e. The second-order valence-corrected chi connectivity index (χ2v) is 4.49. The summed E-state index contributed by atoms with van der Waals surface area (Å²) >= 11 is 11.9. The van der Waals surface area contributed by atoms with Crippen molar-refractivity contribution in [2.24, 2.45) is 12.0 Å². The molecular weight excluding hydrogens is 405 g/mol. The molecule has 4 nitrogen and oxygen atoms in total. The van der Waals surface area contributed by atoms with Crippen LogP contribution in [-0.2, 0) is 13.6 Å². The number of hydrogen-bond acceptors (Lipinski definition) is 1. The molecule has 1 aromatic rings. The number of nitrogens with one attached hydrogen (secondary N) is 2. The topological polar surface area (TPSA) is 41.4 Å². The van der Waals surface area contributed by atoms with Gasteiger partial charge in [0.15, 0.2) is 5.96 Å². The first-order valence-corrected chi connectivity index (χ1v) is 6.35. The number of halogens is 4. The van der Waals surface area contributed by atoms with Crippen molar-refractivity contribution in [3.63, 3.8) is 0 Å². The van der Waals surface area contributed by atoms with Crippen LogP contribution in [-0.4, -0.2) is 30.8 Å². The number of nitrogens with zero attached hydrogens (tertiary/aromatic N) is 2. The van der Waals surface area contributed by atoms with E-state index in [2.05, 4.69) is 15.6 Å². The molecule has 0 fully saturated rings. The Labute approximate surface area is 139 Å². The van der Waals surface area contributed by atoms with Crippen molar-refractivity contribution in [1.82, 2.24) is 15.2 Å². The molecule has 8 heteroatoms. The van der Waals surface area contributed by atoms with Crippen molar-refractivity contribution in [3.05, 3.63) is 21.9 Å². The molecule has 1 rings (SSSR count). The number of guanidine groups is 1. The predicted molar refractivity (Wildman–Crippen MR) is 89.6 cm³/mol. The lowest BCUT2D eigenvalue weighted by Gasteiger charge is -2.11. The molecule has 0 amide bonds. The van der Waals surface area contributed by atoms with Crippen LogP contribution in [0.2, 0.25) is 10.2 Å². The van der Waals surface area contributed by atoms with E-state index < -0.39 is 0 Å². The highest BCUT2D eigenvalue weighted by molar-refractivity contribution is 14.0. The van der Waals surface area contributed by atoms with E-state index in [1.54, 1.807) is 17.7 Å². The first kappa shape index (κ1) is 18.8. The molecule has 0 aliphatic heterocycles. The molecule has 0 saturated carbocycles. The van der Waals surface area contributed by atoms with E-state index in [0.29, 0.717) is 35.6 Å². The molecule has 0 spiro atoms. The van der Waals surface area contributed by atoms with Gasteiger partial charge in [0.2, 0.25) is 0 Å². The van der Waals surface area contributed by atoms with Crippen molar-refractivity contribution < 1.29 is 4.39 Å². The Morgan fingerprint density at radius 3 is 2.58 bits per heavy atom. The molecule has 0 aliphatic rings. The van der Waals surface area contributed by atoms with Crippen molar-refractivity contribution in [2.45, 2.75) is 13.0 Å². The van der Waals surface area contributed by atoms with Gasteiger partial charge in [-0.25, -0.2) is 0 Å². The average molecular weight is 423 g/mol. The Hall–Kier alpha value is -0.210. The van der Waals surface area contributed by atoms with Gasteiger partial charge < -0.3 is 15.2 Å². The van der Waals surface area contributed by atoms with Crippen LogP contribution in [0.5, 0.6) is 0 Å². The Balaban J connectivity index is 0.00000324. The zero-order valence-corrected chi connectivity index (χ0v) is 14.7. The van der Waals surface area contributed by atoms with Crippen LogP contribution in [0.3, 0.4) is 0 Å². The summed E-state index contributed by atoms with van der Waals surface area (Å²) in [4.78, 5) is 4.03. The fourth-order valence-electron chi connectivity index (χ4n) is 1.43. The lowest BCUT2D eigenvalue weighted by Crippen LogP contribution is -2.37. The van der Waals surface area contributed by atoms with Crippen LogP contribution < -0.4 is 10.6 Å². The monoisotopic (exact) mass is 422 g/mol. The number of alkyl halides is 1. The third kappa shape index (κ3) is 5.74. The Morgan fingerprint density at radius 1 is 1.42 bits per heavy atom. The van der Waals surface area contributed by atoms with Crippen LogP contribution in [0.15, 0.2) is 11.1 Å². The normalized spacial score (nSPS) is 11.1. The summed E-state index contributed by atoms with van der Waals surface area (Å²) in [5.41, 5.74) is 0.943. The van der Waals surface area contributed by atoms with E-state index in [9.17, 15) is 4.39 Å². The van der Waals surface area contributed by atoms with Crippen LogP contribution >= 0.6 is 47.2 Å². The van der Waals surface area contributed by atoms with E-state index in [1.807, 2.05) is 7.05 Å². The van der Waals surface area contributed by atoms with E-state index in [0.717, 1.165) is 5.69 Å². The minimum Gasteiger partial charge on any atom is -0.356 e. The van der Waals surface area contributed by atoms with Crippen molar-refractivity contribution >= 4 is 53.1 Å². The molecule has 0 aliphatic carbocycles. The van der Waals surface area contributed by atoms with Gasteiger partial charge >= 0.3 is 0 Å². The molecule has 0 bridgehead atoms. The molecule has 110 valence electrons. The molecule has 0 saturated heterocycles. The maximum absolute atomic E-state index is 12.0. The highest BCUT2D eigenvalue weighted by Crippen LogP contribution is 2.24. The molecular formula is C11H18Cl2FIN4. The first-order chi connectivity index (χ1) is 8.60. The zero-order chi connectivity index (χ0) is 13.5. The minimum absolute atomic E-state index is 0. The molecule has 1 heterocycles. The number of aromatic nitrogens is 1. The van der Waals surface area contributed by atoms with Crippen LogP contribution in [0.4, 0.5) is 4.39 Å². The fourth-order valence-corrected chi connectivity index (χ4v) is 1.84. The largest absolute Gasteiger partial charge is 0.356 e. The van der Waals surface area contributed by atoms with E-state index in [1.165, 1.54) is 0 Å². The summed E-state index contributed by atoms with van der Waals surface area (Å²) < 4.78 is 13.8. The maximum atomic E-state index is 12.0. The van der Waals surface area contributed by atoms with Crippen LogP contribution in [0.25, 0.3) is 0 Å². The van der Waals surface area contributed by atoms with E-state index in [4.69, 9.17) is 23.2 Å². The quantitative estimate of drug-likeness (QED) is 0.331. The van der Waals surface area contributed by atoms with E-state index in [-0.39, 0.29) is 30.7 Å². The van der Waals surface area contributed by atoms with Gasteiger partial charge in [-0.2, -0.15) is 0 Å². The summed E-state index contributed by atoms with van der Waals surface area (Å²) in [6.45, 7) is 0.746. The summed E-state index contributed by atoms with van der Waals surface area (Å²) in [6.07, 6.45) is 0.461. The van der Waals surface area contributed by atoms with Gasteiger partial charge in [0, 0.05) is 26.3 Å². The number of hydrogen-bond donors (Lipinski definition) is 2. The highest BCUT2D eigenvalue weighted by Gasteiger charge is 2.08. The molecule has 2 N–H and O–H groups in total. The van der Waals surface area contributed by atoms with Crippen LogP contribution in [0.1, 0.15) is 12.1 Å². The van der Waals surface area contributed by atoms with Gasteiger partial charge in [0.05, 0.1) is 18.2 Å². The Morgan fingerprint density at radius 2 is 2.11 bits per heavy atom. The zero-order valence-electron chi connectivity index (χ0n) is 10.8. The van der Waals surface area contributed by atoms with Gasteiger partial charge in [-0.3, -0.25) is 9.38 Å². The summed E-state index contributed by atoms with van der Waals surface area (Å²) in [7, 11) is 3.50. The first-order valence-electron chi connectivity index (χ1n) is 5.60. The molecule has 0 atom stereocenters. The molecule has 1 aromatic heterocycles. The number of aliphatic imine (C=N–C) groups is 1. The molecule has 0 radical (unpaired) electrons. The van der Waals surface area contributed by atoms with Gasteiger partial charge in [0.1, 0.15) is 5.15 Å². The SMILES string of the molecule is CN=C(NCCCF)NCc1cc(Cl)c(Cl)n1C.I. The standard InChI is InChI=1S/C11H17Cl2FN4.HI/c1-15-11(16-5-3-4-14)17-7-8-6-9(12)10(13)18(8)2;/h6H,3-5,7H2,1-2H3,(H2,15,16,17);1H. The summed E-state index contributed by atoms with van der Waals surface area (Å²) in [6, 6.07) is 1.80. The second-order valence-electron chi connectivity index (χ2n) is 3.73. The molecule has 0 aromatic carbocycles. The third-order valence-corrected chi connectivity index (χ3v) is 3.32. The van der Waals surface area contributed by atoms with Crippen LogP contribution in [0, 0.1) is 0 Å². The average Bonchev–Trinajstić information content (AvgIpc) is 2.61. The predicted octanol–water partition coefficient (Wildman–Crippen LogP) is 2.97. The van der Waals surface area contributed by atoms with Crippen molar-refractivity contribution in [3.8, 4) is 0 Å². The molecule has 0 unspecified atom stereocenters. The van der Waals surface area contributed by atoms with Gasteiger partial charge in [-0.05, 0) is 12.5 Å². The number of rotatable bonds is 5. The smallest absolute Gasteiger partial charge is 0.191 e. The lowest BCUT2D eigenvalue weighted by atomic mass is 10.4. The van der Waals surface area contributed by atoms with Gasteiger partial charge in [-0.15, -0.1) is 24.0 Å². The minimum atomic E-state index is -0.340. The lowest BCUT2D eigenvalue weighted by molar-refractivity contribution is 0.470. The molecule has 19 heavy (non-hydrogen) atoms. The third-order valence-electron chi connectivity index (χ3n) is 2.48. The van der Waals surface area contributed by atoms with Gasteiger partial charge in [-0.1, -0.05) is 23.2 Å². The highest BCUT2D eigenvalue weighted by atomic mass is 127. The Kier molecular flexibility index (Phi) is 9.55. The van der Waals surface area contributed by atoms with Gasteiger partial charge in [0.25, 0.3) is 0 Å². The fraction of sp³-hybridized carbons (Fsp3) is 0.545. The van der Waals surface area contributed by atoms with Crippen molar-refractivity contribution in [1.29, 1.82) is 0 Å². The second kappa shape index (κ2) is 9.66. The summed E-state index contributed by atoms with van der Waals surface area (Å²) in [5, 5.41) is 7.14. The Bertz CT molecular complexity index is 423. The van der Waals surface area contributed by atoms with E-state index >= 15 is 0 Å². The van der Waals surface area contributed by atoms with Crippen molar-refractivity contribution in [2.75, 3.05) is 20.3 Å².